The molecule has 0 saturated heterocycles. The lowest BCUT2D eigenvalue weighted by molar-refractivity contribution is -0.120. The van der Waals surface area contributed by atoms with Crippen LogP contribution in [-0.4, -0.2) is 40.1 Å². The predicted molar refractivity (Wildman–Crippen MR) is 128 cm³/mol. The summed E-state index contributed by atoms with van der Waals surface area (Å²) in [6, 6.07) is 16.2. The summed E-state index contributed by atoms with van der Waals surface area (Å²) in [6.45, 7) is 0. The summed E-state index contributed by atoms with van der Waals surface area (Å²) in [5.41, 5.74) is 2.53. The molecule has 1 aromatic heterocycles. The molecule has 0 bridgehead atoms. The second-order valence-electron chi connectivity index (χ2n) is 7.28. The molecular weight excluding hydrogens is 426 g/mol. The molecule has 3 aromatic rings. The molecular formula is C24H23N3O4S. The van der Waals surface area contributed by atoms with Gasteiger partial charge in [-0.3, -0.25) is 9.59 Å². The molecule has 0 fully saturated rings. The zero-order valence-corrected chi connectivity index (χ0v) is 19.0. The molecule has 164 valence electrons. The first-order valence-electron chi connectivity index (χ1n) is 9.88. The largest absolute Gasteiger partial charge is 0.497 e. The lowest BCUT2D eigenvalue weighted by Gasteiger charge is -2.18. The average Bonchev–Trinajstić information content (AvgIpc) is 3.40. The second-order valence-corrected chi connectivity index (χ2v) is 8.22. The first-order valence-corrected chi connectivity index (χ1v) is 10.8. The highest BCUT2D eigenvalue weighted by molar-refractivity contribution is 7.11. The van der Waals surface area contributed by atoms with Crippen LogP contribution in [-0.2, 0) is 9.59 Å². The van der Waals surface area contributed by atoms with E-state index >= 15 is 0 Å². The van der Waals surface area contributed by atoms with Crippen LogP contribution in [0.5, 0.6) is 11.5 Å². The quantitative estimate of drug-likeness (QED) is 0.545. The van der Waals surface area contributed by atoms with E-state index in [1.807, 2.05) is 48.6 Å². The van der Waals surface area contributed by atoms with Gasteiger partial charge in [0.25, 0.3) is 11.8 Å². The lowest BCUT2D eigenvalue weighted by Crippen LogP contribution is -2.32. The SMILES string of the molecule is COc1ccc(OC)c(NC2=C(c3cccs3)C(=O)N(c3ccc(N(C)C)cc3)C2=O)c1. The number of hydrogen-bond donors (Lipinski definition) is 1. The Morgan fingerprint density at radius 1 is 0.938 bits per heavy atom. The molecule has 8 heteroatoms. The molecule has 7 nitrogen and oxygen atoms in total. The third-order valence-corrected chi connectivity index (χ3v) is 6.03. The van der Waals surface area contributed by atoms with Crippen LogP contribution in [0.4, 0.5) is 17.1 Å². The number of benzene rings is 2. The Hall–Kier alpha value is -3.78. The molecule has 1 N–H and O–H groups in total. The number of nitrogens with zero attached hydrogens (tertiary/aromatic N) is 2. The number of thiophene rings is 1. The first-order chi connectivity index (χ1) is 15.4. The number of methoxy groups -OCH3 is 2. The molecule has 0 saturated carbocycles. The van der Waals surface area contributed by atoms with E-state index in [4.69, 9.17) is 9.47 Å². The van der Waals surface area contributed by atoms with E-state index < -0.39 is 5.91 Å². The topological polar surface area (TPSA) is 71.1 Å². The fraction of sp³-hybridized carbons (Fsp3) is 0.167. The number of hydrogen-bond acceptors (Lipinski definition) is 7. The number of rotatable bonds is 7. The van der Waals surface area contributed by atoms with E-state index in [-0.39, 0.29) is 11.6 Å². The lowest BCUT2D eigenvalue weighted by atomic mass is 10.1. The van der Waals surface area contributed by atoms with Crippen LogP contribution in [0.3, 0.4) is 0 Å². The Morgan fingerprint density at radius 2 is 1.69 bits per heavy atom. The predicted octanol–water partition coefficient (Wildman–Crippen LogP) is 4.23. The first kappa shape index (κ1) is 21.5. The van der Waals surface area contributed by atoms with Crippen LogP contribution in [0.1, 0.15) is 4.88 Å². The Balaban J connectivity index is 1.78. The van der Waals surface area contributed by atoms with Crippen molar-refractivity contribution in [3.05, 3.63) is 70.6 Å². The number of ether oxygens (including phenoxy) is 2. The fourth-order valence-corrected chi connectivity index (χ4v) is 4.24. The van der Waals surface area contributed by atoms with E-state index in [2.05, 4.69) is 5.32 Å². The monoisotopic (exact) mass is 449 g/mol. The fourth-order valence-electron chi connectivity index (χ4n) is 3.48. The maximum absolute atomic E-state index is 13.5. The van der Waals surface area contributed by atoms with Crippen LogP contribution in [0.2, 0.25) is 0 Å². The Bertz CT molecular complexity index is 1180. The summed E-state index contributed by atoms with van der Waals surface area (Å²) < 4.78 is 10.7. The van der Waals surface area contributed by atoms with E-state index in [9.17, 15) is 9.59 Å². The van der Waals surface area contributed by atoms with Gasteiger partial charge in [-0.05, 0) is 47.8 Å². The highest BCUT2D eigenvalue weighted by atomic mass is 32.1. The zero-order chi connectivity index (χ0) is 22.8. The Morgan fingerprint density at radius 3 is 2.28 bits per heavy atom. The van der Waals surface area contributed by atoms with Crippen molar-refractivity contribution in [2.45, 2.75) is 0 Å². The molecule has 2 amide bonds. The average molecular weight is 450 g/mol. The van der Waals surface area contributed by atoms with Crippen LogP contribution in [0, 0.1) is 0 Å². The standard InChI is InChI=1S/C24H23N3O4S/c1-26(2)15-7-9-16(10-8-15)27-23(28)21(20-6-5-13-32-20)22(24(27)29)25-18-14-17(30-3)11-12-19(18)31-4/h5-14,25H,1-4H3. The van der Waals surface area contributed by atoms with Crippen LogP contribution in [0.25, 0.3) is 5.57 Å². The van der Waals surface area contributed by atoms with Crippen molar-refractivity contribution in [2.24, 2.45) is 0 Å². The van der Waals surface area contributed by atoms with Crippen LogP contribution < -0.4 is 24.6 Å². The highest BCUT2D eigenvalue weighted by Crippen LogP contribution is 2.38. The minimum atomic E-state index is -0.430. The van der Waals surface area contributed by atoms with Gasteiger partial charge in [-0.25, -0.2) is 4.90 Å². The molecule has 0 atom stereocenters. The van der Waals surface area contributed by atoms with Gasteiger partial charge in [0.1, 0.15) is 17.2 Å². The molecule has 32 heavy (non-hydrogen) atoms. The van der Waals surface area contributed by atoms with Crippen molar-refractivity contribution in [1.29, 1.82) is 0 Å². The van der Waals surface area contributed by atoms with Gasteiger partial charge in [0.2, 0.25) is 0 Å². The Kier molecular flexibility index (Phi) is 5.87. The highest BCUT2D eigenvalue weighted by Gasteiger charge is 2.41. The minimum absolute atomic E-state index is 0.195. The summed E-state index contributed by atoms with van der Waals surface area (Å²) in [5, 5.41) is 5.02. The van der Waals surface area contributed by atoms with Crippen LogP contribution >= 0.6 is 11.3 Å². The van der Waals surface area contributed by atoms with Crippen molar-refractivity contribution in [3.63, 3.8) is 0 Å². The molecule has 1 aliphatic heterocycles. The van der Waals surface area contributed by atoms with Crippen molar-refractivity contribution >= 4 is 45.8 Å². The minimum Gasteiger partial charge on any atom is -0.497 e. The molecule has 0 radical (unpaired) electrons. The van der Waals surface area contributed by atoms with Crippen molar-refractivity contribution in [2.75, 3.05) is 43.4 Å². The molecule has 4 rings (SSSR count). The maximum atomic E-state index is 13.5. The molecule has 2 aromatic carbocycles. The summed E-state index contributed by atoms with van der Waals surface area (Å²) in [7, 11) is 6.97. The number of anilines is 3. The molecule has 0 unspecified atom stereocenters. The van der Waals surface area contributed by atoms with Crippen LogP contribution in [0.15, 0.2) is 65.7 Å². The number of imide groups is 1. The molecule has 0 aliphatic carbocycles. The molecule has 1 aliphatic rings. The van der Waals surface area contributed by atoms with Gasteiger partial charge in [-0.15, -0.1) is 11.3 Å². The van der Waals surface area contributed by atoms with Crippen molar-refractivity contribution < 1.29 is 19.1 Å². The third-order valence-electron chi connectivity index (χ3n) is 5.14. The van der Waals surface area contributed by atoms with Gasteiger partial charge < -0.3 is 19.7 Å². The van der Waals surface area contributed by atoms with E-state index in [1.54, 1.807) is 44.6 Å². The zero-order valence-electron chi connectivity index (χ0n) is 18.2. The van der Waals surface area contributed by atoms with E-state index in [0.717, 1.165) is 5.69 Å². The maximum Gasteiger partial charge on any atom is 0.282 e. The van der Waals surface area contributed by atoms with E-state index in [0.29, 0.717) is 33.3 Å². The number of amides is 2. The second kappa shape index (κ2) is 8.76. The van der Waals surface area contributed by atoms with Gasteiger partial charge in [-0.2, -0.15) is 0 Å². The Labute approximate surface area is 190 Å². The van der Waals surface area contributed by atoms with E-state index in [1.165, 1.54) is 16.2 Å². The van der Waals surface area contributed by atoms with Gasteiger partial charge in [0.15, 0.2) is 0 Å². The van der Waals surface area contributed by atoms with Gasteiger partial charge in [0, 0.05) is 30.7 Å². The number of nitrogens with one attached hydrogen (secondary N) is 1. The number of carbonyl (C=O) groups excluding carboxylic acids is 2. The van der Waals surface area contributed by atoms with Gasteiger partial charge in [0.05, 0.1) is 31.2 Å². The normalized spacial score (nSPS) is 13.6. The molecule has 0 spiro atoms. The van der Waals surface area contributed by atoms with Gasteiger partial charge >= 0.3 is 0 Å². The molecule has 2 heterocycles. The number of carbonyl (C=O) groups is 2. The summed E-state index contributed by atoms with van der Waals surface area (Å²) in [4.78, 5) is 30.8. The smallest absolute Gasteiger partial charge is 0.282 e. The van der Waals surface area contributed by atoms with Crippen molar-refractivity contribution in [1.82, 2.24) is 0 Å². The summed E-state index contributed by atoms with van der Waals surface area (Å²) in [6.07, 6.45) is 0. The summed E-state index contributed by atoms with van der Waals surface area (Å²) in [5.74, 6) is 0.317. The third kappa shape index (κ3) is 3.80. The summed E-state index contributed by atoms with van der Waals surface area (Å²) >= 11 is 1.40. The van der Waals surface area contributed by atoms with Gasteiger partial charge in [-0.1, -0.05) is 6.07 Å². The van der Waals surface area contributed by atoms with Crippen molar-refractivity contribution in [3.8, 4) is 11.5 Å².